The molecule has 0 unspecified atom stereocenters. The summed E-state index contributed by atoms with van der Waals surface area (Å²) in [4.78, 5) is 13.1. The van der Waals surface area contributed by atoms with Crippen LogP contribution in [0, 0.1) is 13.8 Å². The summed E-state index contributed by atoms with van der Waals surface area (Å²) in [5.74, 6) is 0.755. The average molecular weight is 335 g/mol. The highest BCUT2D eigenvalue weighted by Gasteiger charge is 2.08. The van der Waals surface area contributed by atoms with E-state index in [1.165, 1.54) is 27.4 Å². The summed E-state index contributed by atoms with van der Waals surface area (Å²) in [5, 5.41) is 12.4. The standard InChI is InChI=1S/C16H21N3OS2/c1-4-5-15-18-19-16(22-15)17-14(20)8-9-21-13-7-6-11(2)12(3)10-13/h6-7,10H,4-5,8-9H2,1-3H3,(H,17,19,20). The number of nitrogens with one attached hydrogen (secondary N) is 1. The van der Waals surface area contributed by atoms with Gasteiger partial charge in [-0.2, -0.15) is 0 Å². The molecule has 0 aliphatic carbocycles. The number of carbonyl (C=O) groups excluding carboxylic acids is 1. The van der Waals surface area contributed by atoms with E-state index in [1.807, 2.05) is 0 Å². The monoisotopic (exact) mass is 335 g/mol. The highest BCUT2D eigenvalue weighted by molar-refractivity contribution is 7.99. The van der Waals surface area contributed by atoms with Gasteiger partial charge in [-0.3, -0.25) is 4.79 Å². The summed E-state index contributed by atoms with van der Waals surface area (Å²) in [7, 11) is 0. The second kappa shape index (κ2) is 8.29. The molecule has 0 saturated heterocycles. The Kier molecular flexibility index (Phi) is 6.39. The molecule has 0 aliphatic heterocycles. The first-order valence-corrected chi connectivity index (χ1v) is 9.21. The number of rotatable bonds is 7. The van der Waals surface area contributed by atoms with Crippen LogP contribution in [0.4, 0.5) is 5.13 Å². The molecule has 1 aromatic heterocycles. The van der Waals surface area contributed by atoms with Crippen molar-refractivity contribution in [3.8, 4) is 0 Å². The molecule has 0 spiro atoms. The second-order valence-corrected chi connectivity index (χ2v) is 7.37. The van der Waals surface area contributed by atoms with Crippen LogP contribution < -0.4 is 5.32 Å². The molecule has 6 heteroatoms. The van der Waals surface area contributed by atoms with Gasteiger partial charge in [-0.05, 0) is 43.5 Å². The molecule has 0 radical (unpaired) electrons. The van der Waals surface area contributed by atoms with Crippen molar-refractivity contribution in [2.24, 2.45) is 0 Å². The molecule has 0 bridgehead atoms. The summed E-state index contributed by atoms with van der Waals surface area (Å²) >= 11 is 3.16. The van der Waals surface area contributed by atoms with Crippen LogP contribution in [0.5, 0.6) is 0 Å². The normalized spacial score (nSPS) is 10.7. The summed E-state index contributed by atoms with van der Waals surface area (Å²) in [6, 6.07) is 6.39. The quantitative estimate of drug-likeness (QED) is 0.769. The fourth-order valence-electron chi connectivity index (χ4n) is 1.87. The predicted molar refractivity (Wildman–Crippen MR) is 93.8 cm³/mol. The third kappa shape index (κ3) is 5.10. The third-order valence-electron chi connectivity index (χ3n) is 3.25. The van der Waals surface area contributed by atoms with Crippen molar-refractivity contribution in [2.45, 2.75) is 44.9 Å². The zero-order valence-corrected chi connectivity index (χ0v) is 14.8. The predicted octanol–water partition coefficient (Wildman–Crippen LogP) is 4.23. The van der Waals surface area contributed by atoms with E-state index < -0.39 is 0 Å². The Morgan fingerprint density at radius 2 is 2.09 bits per heavy atom. The summed E-state index contributed by atoms with van der Waals surface area (Å²) in [6.07, 6.45) is 2.42. The first kappa shape index (κ1) is 17.0. The molecule has 0 aliphatic rings. The Balaban J connectivity index is 1.76. The maximum absolute atomic E-state index is 11.9. The van der Waals surface area contributed by atoms with Gasteiger partial charge in [-0.15, -0.1) is 22.0 Å². The van der Waals surface area contributed by atoms with Crippen LogP contribution in [0.25, 0.3) is 0 Å². The van der Waals surface area contributed by atoms with Crippen LogP contribution in [-0.4, -0.2) is 21.9 Å². The van der Waals surface area contributed by atoms with Crippen LogP contribution in [0.1, 0.15) is 35.9 Å². The van der Waals surface area contributed by atoms with Crippen molar-refractivity contribution in [1.29, 1.82) is 0 Å². The van der Waals surface area contributed by atoms with E-state index in [9.17, 15) is 4.79 Å². The maximum Gasteiger partial charge on any atom is 0.227 e. The highest BCUT2D eigenvalue weighted by atomic mass is 32.2. The van der Waals surface area contributed by atoms with E-state index in [0.717, 1.165) is 23.6 Å². The van der Waals surface area contributed by atoms with E-state index in [0.29, 0.717) is 11.6 Å². The van der Waals surface area contributed by atoms with Gasteiger partial charge in [0.15, 0.2) is 0 Å². The molecule has 2 aromatic rings. The lowest BCUT2D eigenvalue weighted by Crippen LogP contribution is -2.11. The van der Waals surface area contributed by atoms with Gasteiger partial charge in [0, 0.05) is 23.5 Å². The van der Waals surface area contributed by atoms with E-state index in [4.69, 9.17) is 0 Å². The molecule has 1 amide bonds. The average Bonchev–Trinajstić information content (AvgIpc) is 2.90. The highest BCUT2D eigenvalue weighted by Crippen LogP contribution is 2.22. The summed E-state index contributed by atoms with van der Waals surface area (Å²) in [6.45, 7) is 6.31. The van der Waals surface area contributed by atoms with Crippen LogP contribution >= 0.6 is 23.1 Å². The smallest absolute Gasteiger partial charge is 0.227 e. The Hall–Kier alpha value is -1.40. The number of benzene rings is 1. The van der Waals surface area contributed by atoms with Crippen molar-refractivity contribution in [1.82, 2.24) is 10.2 Å². The maximum atomic E-state index is 11.9. The molecule has 0 saturated carbocycles. The number of hydrogen-bond acceptors (Lipinski definition) is 5. The molecule has 0 atom stereocenters. The summed E-state index contributed by atoms with van der Waals surface area (Å²) < 4.78 is 0. The number of thioether (sulfide) groups is 1. The van der Waals surface area contributed by atoms with Gasteiger partial charge in [0.05, 0.1) is 0 Å². The molecule has 1 N–H and O–H groups in total. The SMILES string of the molecule is CCCc1nnc(NC(=O)CCSc2ccc(C)c(C)c2)s1. The number of amides is 1. The van der Waals surface area contributed by atoms with Crippen molar-refractivity contribution >= 4 is 34.1 Å². The van der Waals surface area contributed by atoms with Crippen molar-refractivity contribution in [2.75, 3.05) is 11.1 Å². The molecule has 2 rings (SSSR count). The molecule has 1 aromatic carbocycles. The lowest BCUT2D eigenvalue weighted by Gasteiger charge is -2.05. The first-order chi connectivity index (χ1) is 10.6. The molecule has 0 fully saturated rings. The summed E-state index contributed by atoms with van der Waals surface area (Å²) in [5.41, 5.74) is 2.58. The van der Waals surface area contributed by atoms with Crippen molar-refractivity contribution < 1.29 is 4.79 Å². The second-order valence-electron chi connectivity index (χ2n) is 5.14. The topological polar surface area (TPSA) is 54.9 Å². The van der Waals surface area contributed by atoms with Gasteiger partial charge in [0.25, 0.3) is 0 Å². The number of aryl methyl sites for hydroxylation is 3. The molecular formula is C16H21N3OS2. The molecular weight excluding hydrogens is 314 g/mol. The zero-order chi connectivity index (χ0) is 15.9. The van der Waals surface area contributed by atoms with Gasteiger partial charge >= 0.3 is 0 Å². The molecule has 1 heterocycles. The van der Waals surface area contributed by atoms with Crippen LogP contribution in [0.3, 0.4) is 0 Å². The Morgan fingerprint density at radius 3 is 2.82 bits per heavy atom. The van der Waals surface area contributed by atoms with Crippen molar-refractivity contribution in [3.05, 3.63) is 34.3 Å². The lowest BCUT2D eigenvalue weighted by atomic mass is 10.1. The van der Waals surface area contributed by atoms with Crippen molar-refractivity contribution in [3.63, 3.8) is 0 Å². The number of nitrogens with zero attached hydrogens (tertiary/aromatic N) is 2. The van der Waals surface area contributed by atoms with E-state index in [-0.39, 0.29) is 5.91 Å². The van der Waals surface area contributed by atoms with Gasteiger partial charge in [0.2, 0.25) is 11.0 Å². The molecule has 118 valence electrons. The number of aromatic nitrogens is 2. The van der Waals surface area contributed by atoms with Gasteiger partial charge in [-0.1, -0.05) is 24.3 Å². The van der Waals surface area contributed by atoms with Gasteiger partial charge < -0.3 is 5.32 Å². The Morgan fingerprint density at radius 1 is 1.27 bits per heavy atom. The minimum absolute atomic E-state index is 0.00414. The number of anilines is 1. The fraction of sp³-hybridized carbons (Fsp3) is 0.438. The zero-order valence-electron chi connectivity index (χ0n) is 13.2. The Bertz CT molecular complexity index is 640. The minimum Gasteiger partial charge on any atom is -0.301 e. The molecule has 22 heavy (non-hydrogen) atoms. The van der Waals surface area contributed by atoms with Crippen LogP contribution in [0.15, 0.2) is 23.1 Å². The largest absolute Gasteiger partial charge is 0.301 e. The fourth-order valence-corrected chi connectivity index (χ4v) is 3.67. The number of hydrogen-bond donors (Lipinski definition) is 1. The van der Waals surface area contributed by atoms with Gasteiger partial charge in [-0.25, -0.2) is 0 Å². The number of carbonyl (C=O) groups is 1. The van der Waals surface area contributed by atoms with Crippen LogP contribution in [-0.2, 0) is 11.2 Å². The van der Waals surface area contributed by atoms with E-state index in [1.54, 1.807) is 11.8 Å². The van der Waals surface area contributed by atoms with Gasteiger partial charge in [0.1, 0.15) is 5.01 Å². The lowest BCUT2D eigenvalue weighted by molar-refractivity contribution is -0.115. The third-order valence-corrected chi connectivity index (χ3v) is 5.15. The minimum atomic E-state index is -0.00414. The molecule has 4 nitrogen and oxygen atoms in total. The Labute approximate surface area is 139 Å². The van der Waals surface area contributed by atoms with Crippen LogP contribution in [0.2, 0.25) is 0 Å². The first-order valence-electron chi connectivity index (χ1n) is 7.40. The van der Waals surface area contributed by atoms with E-state index in [2.05, 4.69) is 54.5 Å². The van der Waals surface area contributed by atoms with E-state index >= 15 is 0 Å².